The van der Waals surface area contributed by atoms with Crippen molar-refractivity contribution in [3.05, 3.63) is 47.5 Å². The van der Waals surface area contributed by atoms with Gasteiger partial charge in [-0.25, -0.2) is 9.78 Å². The van der Waals surface area contributed by atoms with Crippen LogP contribution in [0.15, 0.2) is 36.4 Å². The van der Waals surface area contributed by atoms with Gasteiger partial charge in [0.25, 0.3) is 0 Å². The topological polar surface area (TPSA) is 81.1 Å². The summed E-state index contributed by atoms with van der Waals surface area (Å²) in [5, 5.41) is 9.28. The van der Waals surface area contributed by atoms with Crippen molar-refractivity contribution < 1.29 is 9.90 Å². The molecule has 0 unspecified atom stereocenters. The number of carbonyl (C=O) groups is 1. The van der Waals surface area contributed by atoms with E-state index in [-0.39, 0.29) is 5.56 Å². The van der Waals surface area contributed by atoms with Gasteiger partial charge in [0.05, 0.1) is 11.1 Å². The van der Waals surface area contributed by atoms with E-state index in [1.165, 1.54) is 0 Å². The summed E-state index contributed by atoms with van der Waals surface area (Å²) >= 11 is 0. The second-order valence-electron chi connectivity index (χ2n) is 5.01. The molecule has 3 rings (SSSR count). The van der Waals surface area contributed by atoms with Crippen molar-refractivity contribution in [3.8, 4) is 11.4 Å². The Morgan fingerprint density at radius 1 is 1.24 bits per heavy atom. The number of carboxylic acid groups (broad SMARTS) is 1. The summed E-state index contributed by atoms with van der Waals surface area (Å²) in [6.45, 7) is 1.93. The van der Waals surface area contributed by atoms with E-state index in [1.54, 1.807) is 12.1 Å². The Bertz CT molecular complexity index is 865. The van der Waals surface area contributed by atoms with Crippen molar-refractivity contribution in [2.75, 3.05) is 5.73 Å². The number of rotatable bonds is 2. The van der Waals surface area contributed by atoms with Gasteiger partial charge in [-0.15, -0.1) is 0 Å². The molecule has 0 bridgehead atoms. The average molecular weight is 281 g/mol. The van der Waals surface area contributed by atoms with Crippen molar-refractivity contribution in [1.82, 2.24) is 9.55 Å². The number of carboxylic acids is 1. The molecule has 0 atom stereocenters. The predicted octanol–water partition coefficient (Wildman–Crippen LogP) is 2.83. The van der Waals surface area contributed by atoms with Crippen LogP contribution in [0.2, 0.25) is 0 Å². The zero-order valence-electron chi connectivity index (χ0n) is 11.8. The molecule has 0 aliphatic carbocycles. The second-order valence-corrected chi connectivity index (χ2v) is 5.01. The number of aryl methyl sites for hydroxylation is 2. The third kappa shape index (κ3) is 1.94. The molecule has 0 saturated heterocycles. The largest absolute Gasteiger partial charge is 0.478 e. The fourth-order valence-corrected chi connectivity index (χ4v) is 2.50. The number of aromatic carboxylic acids is 1. The number of hydrogen-bond donors (Lipinski definition) is 2. The smallest absolute Gasteiger partial charge is 0.337 e. The molecular formula is C16H15N3O2. The van der Waals surface area contributed by atoms with Crippen molar-refractivity contribution in [3.63, 3.8) is 0 Å². The number of anilines is 1. The third-order valence-corrected chi connectivity index (χ3v) is 3.71. The highest BCUT2D eigenvalue weighted by atomic mass is 16.4. The van der Waals surface area contributed by atoms with Crippen LogP contribution in [0, 0.1) is 6.92 Å². The van der Waals surface area contributed by atoms with Gasteiger partial charge < -0.3 is 15.4 Å². The van der Waals surface area contributed by atoms with Crippen LogP contribution in [0.4, 0.5) is 5.69 Å². The molecule has 5 nitrogen and oxygen atoms in total. The lowest BCUT2D eigenvalue weighted by molar-refractivity contribution is 0.0699. The molecule has 1 aromatic heterocycles. The minimum Gasteiger partial charge on any atom is -0.478 e. The normalized spacial score (nSPS) is 11.0. The lowest BCUT2D eigenvalue weighted by Crippen LogP contribution is -1.98. The predicted molar refractivity (Wildman–Crippen MR) is 82.3 cm³/mol. The number of nitrogen functional groups attached to an aromatic ring is 1. The van der Waals surface area contributed by atoms with Crippen LogP contribution in [-0.4, -0.2) is 20.6 Å². The van der Waals surface area contributed by atoms with Gasteiger partial charge >= 0.3 is 5.97 Å². The summed E-state index contributed by atoms with van der Waals surface area (Å²) in [4.78, 5) is 15.8. The number of hydrogen-bond acceptors (Lipinski definition) is 3. The summed E-state index contributed by atoms with van der Waals surface area (Å²) in [7, 11) is 1.86. The van der Waals surface area contributed by atoms with Crippen LogP contribution >= 0.6 is 0 Å². The summed E-state index contributed by atoms with van der Waals surface area (Å²) in [5.41, 5.74) is 10.0. The van der Waals surface area contributed by atoms with Gasteiger partial charge in [0.15, 0.2) is 0 Å². The first-order valence-corrected chi connectivity index (χ1v) is 6.55. The number of nitrogens with two attached hydrogens (primary N) is 1. The van der Waals surface area contributed by atoms with Crippen molar-refractivity contribution in [2.24, 2.45) is 7.05 Å². The van der Waals surface area contributed by atoms with Gasteiger partial charge in [0, 0.05) is 18.3 Å². The van der Waals surface area contributed by atoms with E-state index in [1.807, 2.05) is 42.8 Å². The molecule has 106 valence electrons. The molecule has 5 heteroatoms. The van der Waals surface area contributed by atoms with E-state index >= 15 is 0 Å². The number of fused-ring (bicyclic) bond motifs is 1. The molecule has 0 radical (unpaired) electrons. The molecule has 3 aromatic rings. The second kappa shape index (κ2) is 4.63. The molecule has 0 spiro atoms. The van der Waals surface area contributed by atoms with E-state index < -0.39 is 5.97 Å². The fraction of sp³-hybridized carbons (Fsp3) is 0.125. The first-order valence-electron chi connectivity index (χ1n) is 6.55. The van der Waals surface area contributed by atoms with Crippen molar-refractivity contribution in [2.45, 2.75) is 6.92 Å². The number of imidazole rings is 1. The summed E-state index contributed by atoms with van der Waals surface area (Å²) in [6, 6.07) is 10.9. The SMILES string of the molecule is Cc1cccc(-c2nc3c(C(=O)O)cccc3n2C)c1N. The standard InChI is InChI=1S/C16H15N3O2/c1-9-5-3-6-10(13(9)17)15-18-14-11(16(20)21)7-4-8-12(14)19(15)2/h3-8H,17H2,1-2H3,(H,20,21). The quantitative estimate of drug-likeness (QED) is 0.708. The van der Waals surface area contributed by atoms with Gasteiger partial charge in [-0.1, -0.05) is 18.2 Å². The fourth-order valence-electron chi connectivity index (χ4n) is 2.50. The summed E-state index contributed by atoms with van der Waals surface area (Å²) < 4.78 is 1.87. The van der Waals surface area contributed by atoms with Crippen LogP contribution < -0.4 is 5.73 Å². The van der Waals surface area contributed by atoms with E-state index in [2.05, 4.69) is 4.98 Å². The third-order valence-electron chi connectivity index (χ3n) is 3.71. The van der Waals surface area contributed by atoms with E-state index in [0.717, 1.165) is 16.6 Å². The van der Waals surface area contributed by atoms with Crippen LogP contribution in [0.5, 0.6) is 0 Å². The first kappa shape index (κ1) is 13.2. The number of aromatic nitrogens is 2. The van der Waals surface area contributed by atoms with Gasteiger partial charge in [-0.3, -0.25) is 0 Å². The van der Waals surface area contributed by atoms with E-state index in [4.69, 9.17) is 5.73 Å². The highest BCUT2D eigenvalue weighted by molar-refractivity contribution is 6.02. The molecule has 1 heterocycles. The molecule has 0 aliphatic heterocycles. The zero-order valence-corrected chi connectivity index (χ0v) is 11.8. The van der Waals surface area contributed by atoms with Gasteiger partial charge in [-0.2, -0.15) is 0 Å². The van der Waals surface area contributed by atoms with Crippen LogP contribution in [0.25, 0.3) is 22.4 Å². The lowest BCUT2D eigenvalue weighted by Gasteiger charge is -2.08. The van der Waals surface area contributed by atoms with Crippen molar-refractivity contribution in [1.29, 1.82) is 0 Å². The number of para-hydroxylation sites is 2. The van der Waals surface area contributed by atoms with Gasteiger partial charge in [0.2, 0.25) is 0 Å². The molecule has 21 heavy (non-hydrogen) atoms. The Kier molecular flexibility index (Phi) is 2.90. The molecule has 0 aliphatic rings. The monoisotopic (exact) mass is 281 g/mol. The highest BCUT2D eigenvalue weighted by Gasteiger charge is 2.17. The average Bonchev–Trinajstić information content (AvgIpc) is 2.79. The molecule has 0 amide bonds. The first-order chi connectivity index (χ1) is 10.0. The number of benzene rings is 2. The lowest BCUT2D eigenvalue weighted by atomic mass is 10.1. The Hall–Kier alpha value is -2.82. The summed E-state index contributed by atoms with van der Waals surface area (Å²) in [5.74, 6) is -0.317. The molecular weight excluding hydrogens is 266 g/mol. The van der Waals surface area contributed by atoms with Crippen molar-refractivity contribution >= 4 is 22.7 Å². The maximum absolute atomic E-state index is 11.3. The van der Waals surface area contributed by atoms with E-state index in [0.29, 0.717) is 17.0 Å². The Balaban J connectivity index is 2.35. The minimum absolute atomic E-state index is 0.195. The van der Waals surface area contributed by atoms with Crippen LogP contribution in [0.1, 0.15) is 15.9 Å². The Morgan fingerprint density at radius 2 is 1.95 bits per heavy atom. The Labute approximate surface area is 121 Å². The highest BCUT2D eigenvalue weighted by Crippen LogP contribution is 2.30. The minimum atomic E-state index is -0.984. The number of nitrogens with zero attached hydrogens (tertiary/aromatic N) is 2. The van der Waals surface area contributed by atoms with Gasteiger partial charge in [0.1, 0.15) is 11.3 Å². The van der Waals surface area contributed by atoms with E-state index in [9.17, 15) is 9.90 Å². The zero-order chi connectivity index (χ0) is 15.1. The van der Waals surface area contributed by atoms with Crippen LogP contribution in [-0.2, 0) is 7.05 Å². The summed E-state index contributed by atoms with van der Waals surface area (Å²) in [6.07, 6.45) is 0. The molecule has 3 N–H and O–H groups in total. The molecule has 0 saturated carbocycles. The van der Waals surface area contributed by atoms with Gasteiger partial charge in [-0.05, 0) is 30.7 Å². The molecule has 2 aromatic carbocycles. The Morgan fingerprint density at radius 3 is 2.67 bits per heavy atom. The maximum Gasteiger partial charge on any atom is 0.337 e. The maximum atomic E-state index is 11.3. The van der Waals surface area contributed by atoms with Crippen LogP contribution in [0.3, 0.4) is 0 Å². The molecule has 0 fully saturated rings.